The molecule has 3 unspecified atom stereocenters. The number of aliphatic carboxylic acids is 1. The Morgan fingerprint density at radius 2 is 1.94 bits per heavy atom. The van der Waals surface area contributed by atoms with Gasteiger partial charge in [0, 0.05) is 6.04 Å². The maximum absolute atomic E-state index is 11.6. The van der Waals surface area contributed by atoms with Gasteiger partial charge in [0.1, 0.15) is 0 Å². The number of carboxylic acid groups (broad SMARTS) is 1. The highest BCUT2D eigenvalue weighted by Crippen LogP contribution is 2.19. The summed E-state index contributed by atoms with van der Waals surface area (Å²) in [5.74, 6) is -1.39. The van der Waals surface area contributed by atoms with E-state index in [4.69, 9.17) is 5.11 Å². The molecule has 1 saturated carbocycles. The molecule has 1 aliphatic rings. The molecule has 6 nitrogen and oxygen atoms in total. The third kappa shape index (κ3) is 3.16. The lowest BCUT2D eigenvalue weighted by atomic mass is 9.93. The molecule has 1 rings (SSSR count). The molecule has 0 spiro atoms. The van der Waals surface area contributed by atoms with E-state index in [2.05, 4.69) is 4.72 Å². The lowest BCUT2D eigenvalue weighted by molar-refractivity contribution is -0.136. The van der Waals surface area contributed by atoms with Crippen molar-refractivity contribution in [2.75, 3.05) is 0 Å². The molecule has 0 aromatic carbocycles. The van der Waals surface area contributed by atoms with Gasteiger partial charge in [0.05, 0.1) is 6.10 Å². The van der Waals surface area contributed by atoms with Crippen molar-refractivity contribution in [2.24, 2.45) is 0 Å². The van der Waals surface area contributed by atoms with Crippen LogP contribution >= 0.6 is 0 Å². The molecule has 0 amide bonds. The fourth-order valence-corrected chi connectivity index (χ4v) is 2.86. The fraction of sp³-hybridized carbons (Fsp3) is 0.889. The predicted octanol–water partition coefficient (Wildman–Crippen LogP) is -0.318. The first-order valence-electron chi connectivity index (χ1n) is 5.26. The highest BCUT2D eigenvalue weighted by Gasteiger charge is 2.33. The Hall–Kier alpha value is -0.660. The average molecular weight is 251 g/mol. The van der Waals surface area contributed by atoms with Gasteiger partial charge in [0.25, 0.3) is 0 Å². The maximum Gasteiger partial charge on any atom is 0.323 e. The summed E-state index contributed by atoms with van der Waals surface area (Å²) in [4.78, 5) is 10.6. The van der Waals surface area contributed by atoms with E-state index in [9.17, 15) is 18.3 Å². The van der Waals surface area contributed by atoms with E-state index in [1.807, 2.05) is 0 Å². The van der Waals surface area contributed by atoms with Gasteiger partial charge in [-0.1, -0.05) is 12.8 Å². The summed E-state index contributed by atoms with van der Waals surface area (Å²) in [6, 6.07) is -0.555. The van der Waals surface area contributed by atoms with E-state index in [1.54, 1.807) is 0 Å². The van der Waals surface area contributed by atoms with E-state index < -0.39 is 33.4 Å². The molecule has 7 heteroatoms. The molecule has 0 radical (unpaired) electrons. The van der Waals surface area contributed by atoms with Gasteiger partial charge >= 0.3 is 5.97 Å². The average Bonchev–Trinajstić information content (AvgIpc) is 2.20. The van der Waals surface area contributed by atoms with Crippen molar-refractivity contribution in [3.63, 3.8) is 0 Å². The molecule has 1 fully saturated rings. The zero-order valence-corrected chi connectivity index (χ0v) is 9.90. The zero-order chi connectivity index (χ0) is 12.3. The molecular formula is C9H17NO5S. The molecule has 0 heterocycles. The van der Waals surface area contributed by atoms with E-state index in [-0.39, 0.29) is 0 Å². The quantitative estimate of drug-likeness (QED) is 0.635. The number of sulfonamides is 1. The Bertz CT molecular complexity index is 353. The van der Waals surface area contributed by atoms with E-state index in [0.29, 0.717) is 12.8 Å². The van der Waals surface area contributed by atoms with Crippen LogP contribution in [-0.2, 0) is 14.8 Å². The van der Waals surface area contributed by atoms with Crippen molar-refractivity contribution in [1.29, 1.82) is 0 Å². The Morgan fingerprint density at radius 3 is 2.44 bits per heavy atom. The van der Waals surface area contributed by atoms with Crippen molar-refractivity contribution in [3.8, 4) is 0 Å². The smallest absolute Gasteiger partial charge is 0.323 e. The number of carbonyl (C=O) groups is 1. The third-order valence-electron chi connectivity index (χ3n) is 2.86. The lowest BCUT2D eigenvalue weighted by Gasteiger charge is -2.28. The molecule has 3 atom stereocenters. The first-order chi connectivity index (χ1) is 7.34. The largest absolute Gasteiger partial charge is 0.480 e. The summed E-state index contributed by atoms with van der Waals surface area (Å²) in [7, 11) is -3.90. The van der Waals surface area contributed by atoms with Crippen LogP contribution in [0, 0.1) is 0 Å². The van der Waals surface area contributed by atoms with Crippen LogP contribution in [0.1, 0.15) is 32.6 Å². The molecular weight excluding hydrogens is 234 g/mol. The second-order valence-electron chi connectivity index (χ2n) is 4.10. The normalized spacial score (nSPS) is 28.6. The Labute approximate surface area is 94.7 Å². The first-order valence-corrected chi connectivity index (χ1v) is 6.81. The molecule has 0 bridgehead atoms. The minimum absolute atomic E-state index is 0.548. The summed E-state index contributed by atoms with van der Waals surface area (Å²) in [5.41, 5.74) is 0. The van der Waals surface area contributed by atoms with Crippen LogP contribution in [0.25, 0.3) is 0 Å². The Morgan fingerprint density at radius 1 is 1.38 bits per heavy atom. The number of rotatable bonds is 4. The van der Waals surface area contributed by atoms with Gasteiger partial charge in [-0.3, -0.25) is 4.79 Å². The number of hydrogen-bond acceptors (Lipinski definition) is 4. The topological polar surface area (TPSA) is 104 Å². The summed E-state index contributed by atoms with van der Waals surface area (Å²) in [6.45, 7) is 1.11. The van der Waals surface area contributed by atoms with Gasteiger partial charge in [0.15, 0.2) is 5.25 Å². The van der Waals surface area contributed by atoms with Crippen LogP contribution in [0.3, 0.4) is 0 Å². The molecule has 94 valence electrons. The number of aliphatic hydroxyl groups is 1. The van der Waals surface area contributed by atoms with Crippen LogP contribution in [0.15, 0.2) is 0 Å². The van der Waals surface area contributed by atoms with Crippen molar-refractivity contribution in [1.82, 2.24) is 4.72 Å². The first kappa shape index (κ1) is 13.4. The summed E-state index contributed by atoms with van der Waals surface area (Å²) in [6.07, 6.45) is 2.09. The Balaban J connectivity index is 2.68. The van der Waals surface area contributed by atoms with Crippen LogP contribution < -0.4 is 4.72 Å². The molecule has 0 aromatic rings. The van der Waals surface area contributed by atoms with Crippen LogP contribution in [-0.4, -0.2) is 42.0 Å². The molecule has 0 saturated heterocycles. The minimum Gasteiger partial charge on any atom is -0.480 e. The van der Waals surface area contributed by atoms with Gasteiger partial charge in [0.2, 0.25) is 10.0 Å². The van der Waals surface area contributed by atoms with Gasteiger partial charge in [-0.25, -0.2) is 13.1 Å². The van der Waals surface area contributed by atoms with Crippen molar-refractivity contribution >= 4 is 16.0 Å². The van der Waals surface area contributed by atoms with Crippen LogP contribution in [0.4, 0.5) is 0 Å². The van der Waals surface area contributed by atoms with Gasteiger partial charge in [-0.05, 0) is 19.8 Å². The maximum atomic E-state index is 11.6. The summed E-state index contributed by atoms with van der Waals surface area (Å²) >= 11 is 0. The van der Waals surface area contributed by atoms with Gasteiger partial charge in [-0.15, -0.1) is 0 Å². The summed E-state index contributed by atoms with van der Waals surface area (Å²) < 4.78 is 25.4. The van der Waals surface area contributed by atoms with E-state index >= 15 is 0 Å². The third-order valence-corrected chi connectivity index (χ3v) is 4.62. The number of nitrogens with one attached hydrogen (secondary N) is 1. The standard InChI is InChI=1S/C9H17NO5S/c1-6(9(12)13)16(14,15)10-7-4-2-3-5-8(7)11/h6-8,10-11H,2-5H2,1H3,(H,12,13). The number of hydrogen-bond donors (Lipinski definition) is 3. The van der Waals surface area contributed by atoms with Gasteiger partial charge in [-0.2, -0.15) is 0 Å². The second kappa shape index (κ2) is 5.11. The van der Waals surface area contributed by atoms with Crippen molar-refractivity contribution < 1.29 is 23.4 Å². The van der Waals surface area contributed by atoms with E-state index in [1.165, 1.54) is 0 Å². The highest BCUT2D eigenvalue weighted by atomic mass is 32.2. The molecule has 0 aromatic heterocycles. The highest BCUT2D eigenvalue weighted by molar-refractivity contribution is 7.90. The molecule has 0 aliphatic heterocycles. The molecule has 3 N–H and O–H groups in total. The second-order valence-corrected chi connectivity index (χ2v) is 6.13. The lowest BCUT2D eigenvalue weighted by Crippen LogP contribution is -2.49. The van der Waals surface area contributed by atoms with E-state index in [0.717, 1.165) is 19.8 Å². The van der Waals surface area contributed by atoms with Crippen LogP contribution in [0.5, 0.6) is 0 Å². The Kier molecular flexibility index (Phi) is 4.28. The predicted molar refractivity (Wildman–Crippen MR) is 57.4 cm³/mol. The van der Waals surface area contributed by atoms with Crippen LogP contribution in [0.2, 0.25) is 0 Å². The molecule has 16 heavy (non-hydrogen) atoms. The SMILES string of the molecule is CC(C(=O)O)S(=O)(=O)NC1CCCCC1O. The van der Waals surface area contributed by atoms with Crippen molar-refractivity contribution in [3.05, 3.63) is 0 Å². The minimum atomic E-state index is -3.90. The number of aliphatic hydroxyl groups excluding tert-OH is 1. The zero-order valence-electron chi connectivity index (χ0n) is 9.09. The van der Waals surface area contributed by atoms with Gasteiger partial charge < -0.3 is 10.2 Å². The summed E-state index contributed by atoms with van der Waals surface area (Å²) in [5, 5.41) is 16.7. The number of carboxylic acids is 1. The monoisotopic (exact) mass is 251 g/mol. The fourth-order valence-electron chi connectivity index (χ4n) is 1.69. The molecule has 1 aliphatic carbocycles. The van der Waals surface area contributed by atoms with Crippen molar-refractivity contribution in [2.45, 2.75) is 50.0 Å².